The van der Waals surface area contributed by atoms with Gasteiger partial charge in [0.2, 0.25) is 0 Å². The van der Waals surface area contributed by atoms with Gasteiger partial charge in [0.1, 0.15) is 12.4 Å². The van der Waals surface area contributed by atoms with Gasteiger partial charge in [-0.15, -0.1) is 0 Å². The summed E-state index contributed by atoms with van der Waals surface area (Å²) in [5.41, 5.74) is 0.342. The topological polar surface area (TPSA) is 54.0 Å². The first kappa shape index (κ1) is 21.7. The molecule has 0 spiro atoms. The first-order valence-corrected chi connectivity index (χ1v) is 13.1. The number of benzene rings is 1. The molecule has 156 valence electrons. The number of hydrogen-bond donors (Lipinski definition) is 0. The van der Waals surface area contributed by atoms with E-state index in [1.807, 2.05) is 37.3 Å². The number of fused-ring (bicyclic) bond motifs is 1. The molecule has 1 aromatic rings. The summed E-state index contributed by atoms with van der Waals surface area (Å²) in [5.74, 6) is 0. The predicted molar refractivity (Wildman–Crippen MR) is 111 cm³/mol. The van der Waals surface area contributed by atoms with Crippen LogP contribution in [0.25, 0.3) is 0 Å². The van der Waals surface area contributed by atoms with E-state index in [2.05, 4.69) is 33.9 Å². The molecule has 0 aromatic heterocycles. The molecule has 0 amide bonds. The van der Waals surface area contributed by atoms with Gasteiger partial charge >= 0.3 is 0 Å². The highest BCUT2D eigenvalue weighted by Gasteiger charge is 2.52. The minimum atomic E-state index is -2.03. The van der Waals surface area contributed by atoms with Crippen LogP contribution in [0.2, 0.25) is 18.1 Å². The molecular weight excluding hydrogens is 372 g/mol. The van der Waals surface area contributed by atoms with Gasteiger partial charge in [-0.25, -0.2) is 0 Å². The summed E-state index contributed by atoms with van der Waals surface area (Å²) in [5, 5.41) is 0.0784. The summed E-state index contributed by atoms with van der Waals surface area (Å²) in [6, 6.07) is 9.96. The van der Waals surface area contributed by atoms with Crippen LogP contribution < -0.4 is 0 Å². The molecule has 0 unspecified atom stereocenters. The van der Waals surface area contributed by atoms with Crippen LogP contribution in [0, 0.1) is 0 Å². The average molecular weight is 407 g/mol. The molecule has 2 aliphatic heterocycles. The van der Waals surface area contributed by atoms with Crippen LogP contribution >= 0.6 is 0 Å². The number of ether oxygens (including phenoxy) is 3. The number of rotatable bonds is 5. The normalized spacial score (nSPS) is 33.9. The van der Waals surface area contributed by atoms with Crippen molar-refractivity contribution in [3.05, 3.63) is 35.9 Å². The molecule has 1 aromatic carbocycles. The van der Waals surface area contributed by atoms with Gasteiger partial charge in [-0.2, -0.15) is 0 Å². The fourth-order valence-corrected chi connectivity index (χ4v) is 5.02. The van der Waals surface area contributed by atoms with Gasteiger partial charge in [0.15, 0.2) is 14.6 Å². The summed E-state index contributed by atoms with van der Waals surface area (Å²) in [6.07, 6.45) is 1.05. The largest absolute Gasteiger partial charge is 0.411 e. The zero-order chi connectivity index (χ0) is 20.6. The van der Waals surface area contributed by atoms with E-state index in [-0.39, 0.29) is 23.4 Å². The Hall–Kier alpha value is -1.05. The quantitative estimate of drug-likeness (QED) is 0.527. The van der Waals surface area contributed by atoms with Gasteiger partial charge < -0.3 is 23.4 Å². The van der Waals surface area contributed by atoms with Gasteiger partial charge in [-0.1, -0.05) is 51.1 Å². The summed E-state index contributed by atoms with van der Waals surface area (Å²) in [7, 11) is -2.03. The first-order valence-electron chi connectivity index (χ1n) is 10.2. The van der Waals surface area contributed by atoms with Gasteiger partial charge in [0.05, 0.1) is 24.4 Å². The highest BCUT2D eigenvalue weighted by atomic mass is 28.4. The number of carbonyl (C=O) groups excluding carboxylic acids is 1. The molecule has 2 heterocycles. The second-order valence-corrected chi connectivity index (χ2v) is 14.4. The molecule has 28 heavy (non-hydrogen) atoms. The van der Waals surface area contributed by atoms with Crippen molar-refractivity contribution in [2.45, 2.75) is 88.9 Å². The van der Waals surface area contributed by atoms with Crippen molar-refractivity contribution in [2.24, 2.45) is 0 Å². The smallest absolute Gasteiger partial charge is 0.192 e. The van der Waals surface area contributed by atoms with Crippen molar-refractivity contribution in [1.29, 1.82) is 0 Å². The molecule has 6 heteroatoms. The Kier molecular flexibility index (Phi) is 6.18. The Balaban J connectivity index is 1.80. The van der Waals surface area contributed by atoms with Crippen molar-refractivity contribution in [1.82, 2.24) is 0 Å². The average Bonchev–Trinajstić information content (AvgIpc) is 2.62. The lowest BCUT2D eigenvalue weighted by Gasteiger charge is -2.52. The fraction of sp³-hybridized carbons (Fsp3) is 0.682. The second kappa shape index (κ2) is 7.99. The molecule has 2 aliphatic rings. The van der Waals surface area contributed by atoms with Gasteiger partial charge in [0, 0.05) is 18.4 Å². The molecule has 5 nitrogen and oxygen atoms in total. The Bertz CT molecular complexity index is 671. The SMILES string of the molecule is CC(C)(C)[Si](C)(C)O[C@@H]1C[C@@H]2O[C@H](c3ccccc3)OC[C@H]2O[C@@]1(C)CC=O. The summed E-state index contributed by atoms with van der Waals surface area (Å²) < 4.78 is 25.3. The molecule has 3 rings (SSSR count). The third-order valence-corrected chi connectivity index (χ3v) is 11.0. The van der Waals surface area contributed by atoms with Crippen LogP contribution in [-0.2, 0) is 23.4 Å². The summed E-state index contributed by atoms with van der Waals surface area (Å²) in [6.45, 7) is 13.6. The molecular formula is C22H34O5Si. The van der Waals surface area contributed by atoms with E-state index in [0.717, 1.165) is 11.8 Å². The van der Waals surface area contributed by atoms with Crippen molar-refractivity contribution in [3.63, 3.8) is 0 Å². The van der Waals surface area contributed by atoms with E-state index in [4.69, 9.17) is 18.6 Å². The highest BCUT2D eigenvalue weighted by Crippen LogP contribution is 2.44. The van der Waals surface area contributed by atoms with Crippen LogP contribution in [0.4, 0.5) is 0 Å². The van der Waals surface area contributed by atoms with Crippen molar-refractivity contribution < 1.29 is 23.4 Å². The molecule has 2 fully saturated rings. The van der Waals surface area contributed by atoms with E-state index in [9.17, 15) is 4.79 Å². The van der Waals surface area contributed by atoms with E-state index in [1.54, 1.807) is 0 Å². The fourth-order valence-electron chi connectivity index (χ4n) is 3.61. The Morgan fingerprint density at radius 2 is 1.89 bits per heavy atom. The van der Waals surface area contributed by atoms with Crippen LogP contribution in [0.1, 0.15) is 52.4 Å². The highest BCUT2D eigenvalue weighted by molar-refractivity contribution is 6.74. The van der Waals surface area contributed by atoms with E-state index < -0.39 is 20.2 Å². The van der Waals surface area contributed by atoms with E-state index in [1.165, 1.54) is 0 Å². The lowest BCUT2D eigenvalue weighted by molar-refractivity contribution is -0.318. The molecule has 0 saturated carbocycles. The van der Waals surface area contributed by atoms with Crippen molar-refractivity contribution in [3.8, 4) is 0 Å². The maximum absolute atomic E-state index is 11.4. The van der Waals surface area contributed by atoms with Crippen LogP contribution in [0.5, 0.6) is 0 Å². The van der Waals surface area contributed by atoms with Gasteiger partial charge in [0.25, 0.3) is 0 Å². The molecule has 0 aliphatic carbocycles. The van der Waals surface area contributed by atoms with Crippen molar-refractivity contribution >= 4 is 14.6 Å². The maximum atomic E-state index is 11.4. The minimum absolute atomic E-state index is 0.0784. The third kappa shape index (κ3) is 4.41. The Morgan fingerprint density at radius 3 is 2.50 bits per heavy atom. The maximum Gasteiger partial charge on any atom is 0.192 e. The third-order valence-electron chi connectivity index (χ3n) is 6.48. The van der Waals surface area contributed by atoms with Gasteiger partial charge in [-0.3, -0.25) is 0 Å². The first-order chi connectivity index (χ1) is 13.1. The van der Waals surface area contributed by atoms with E-state index in [0.29, 0.717) is 19.4 Å². The van der Waals surface area contributed by atoms with E-state index >= 15 is 0 Å². The summed E-state index contributed by atoms with van der Waals surface area (Å²) >= 11 is 0. The molecule has 2 saturated heterocycles. The standard InChI is InChI=1S/C22H34O5Si/c1-21(2,3)28(5,6)27-19-14-17-18(26-22(19,4)12-13-23)15-24-20(25-17)16-10-8-7-9-11-16/h7-11,13,17-20H,12,14-15H2,1-6H3/t17-,18+,19+,20+,22-/m0/s1. The molecule has 0 radical (unpaired) electrons. The monoisotopic (exact) mass is 406 g/mol. The number of aldehydes is 1. The zero-order valence-electron chi connectivity index (χ0n) is 17.9. The number of hydrogen-bond acceptors (Lipinski definition) is 5. The van der Waals surface area contributed by atoms with Crippen LogP contribution in [0.15, 0.2) is 30.3 Å². The van der Waals surface area contributed by atoms with Crippen molar-refractivity contribution in [2.75, 3.05) is 6.61 Å². The van der Waals surface area contributed by atoms with Gasteiger partial charge in [-0.05, 0) is 25.1 Å². The lowest BCUT2D eigenvalue weighted by Crippen LogP contribution is -2.62. The summed E-state index contributed by atoms with van der Waals surface area (Å²) in [4.78, 5) is 11.4. The van der Waals surface area contributed by atoms with Crippen LogP contribution in [0.3, 0.4) is 0 Å². The molecule has 5 atom stereocenters. The Labute approximate surface area is 169 Å². The van der Waals surface area contributed by atoms with Crippen LogP contribution in [-0.4, -0.2) is 45.1 Å². The lowest BCUT2D eigenvalue weighted by atomic mass is 9.86. The molecule has 0 bridgehead atoms. The Morgan fingerprint density at radius 1 is 1.21 bits per heavy atom. The number of carbonyl (C=O) groups is 1. The zero-order valence-corrected chi connectivity index (χ0v) is 18.9. The molecule has 0 N–H and O–H groups in total. The minimum Gasteiger partial charge on any atom is -0.411 e. The second-order valence-electron chi connectivity index (χ2n) is 9.69. The predicted octanol–water partition coefficient (Wildman–Crippen LogP) is 4.63.